The van der Waals surface area contributed by atoms with Crippen LogP contribution in [-0.4, -0.2) is 39.0 Å². The number of rotatable bonds is 4. The summed E-state index contributed by atoms with van der Waals surface area (Å²) in [6.07, 6.45) is 1.33. The summed E-state index contributed by atoms with van der Waals surface area (Å²) in [5.74, 6) is 1.07. The van der Waals surface area contributed by atoms with Crippen LogP contribution in [0.3, 0.4) is 0 Å². The van der Waals surface area contributed by atoms with Gasteiger partial charge in [-0.1, -0.05) is 25.4 Å². The monoisotopic (exact) mass is 378 g/mol. The van der Waals surface area contributed by atoms with Crippen molar-refractivity contribution in [3.8, 4) is 0 Å². The van der Waals surface area contributed by atoms with Crippen molar-refractivity contribution in [1.29, 1.82) is 0 Å². The Morgan fingerprint density at radius 3 is 2.62 bits per heavy atom. The number of carbonyl (C=O) groups is 1. The molecule has 2 heterocycles. The maximum Gasteiger partial charge on any atom is 0.282 e. The third-order valence-corrected chi connectivity index (χ3v) is 4.70. The molecule has 0 radical (unpaired) electrons. The summed E-state index contributed by atoms with van der Waals surface area (Å²) >= 11 is 5.91. The minimum Gasteiger partial charge on any atom is -0.425 e. The average molecular weight is 379 g/mol. The Bertz CT molecular complexity index is 828. The number of carbonyl (C=O) groups excluding carboxylic acids is 1. The standard InChI is InChI=1S/C17H19ClN4O4/c1-10(2)15-19-20-16(26-15)11-5-7-21(8-6-11)17(23)13-9-12(18)3-4-14(13)22(24)25/h3-4,9-11H,5-8H2,1-2H3. The van der Waals surface area contributed by atoms with Crippen LogP contribution in [0.2, 0.25) is 5.02 Å². The number of nitro groups is 1. The van der Waals surface area contributed by atoms with Gasteiger partial charge >= 0.3 is 0 Å². The van der Waals surface area contributed by atoms with Gasteiger partial charge in [0, 0.05) is 36.0 Å². The van der Waals surface area contributed by atoms with Crippen LogP contribution in [0.5, 0.6) is 0 Å². The number of nitrogens with zero attached hydrogens (tertiary/aromatic N) is 4. The molecule has 1 aromatic heterocycles. The Morgan fingerprint density at radius 1 is 1.35 bits per heavy atom. The molecule has 2 aromatic rings. The van der Waals surface area contributed by atoms with Gasteiger partial charge in [0.05, 0.1) is 4.92 Å². The van der Waals surface area contributed by atoms with Crippen molar-refractivity contribution in [2.24, 2.45) is 0 Å². The highest BCUT2D eigenvalue weighted by atomic mass is 35.5. The maximum atomic E-state index is 12.7. The average Bonchev–Trinajstić information content (AvgIpc) is 3.11. The predicted octanol–water partition coefficient (Wildman–Crippen LogP) is 3.77. The molecule has 8 nitrogen and oxygen atoms in total. The first-order valence-electron chi connectivity index (χ1n) is 8.43. The molecule has 1 saturated heterocycles. The number of hydrogen-bond donors (Lipinski definition) is 0. The number of nitro benzene ring substituents is 1. The van der Waals surface area contributed by atoms with Gasteiger partial charge in [0.2, 0.25) is 11.8 Å². The predicted molar refractivity (Wildman–Crippen MR) is 94.4 cm³/mol. The van der Waals surface area contributed by atoms with Gasteiger partial charge in [0.25, 0.3) is 11.6 Å². The van der Waals surface area contributed by atoms with Gasteiger partial charge in [-0.15, -0.1) is 10.2 Å². The third kappa shape index (κ3) is 3.70. The van der Waals surface area contributed by atoms with Crippen LogP contribution in [0.25, 0.3) is 0 Å². The highest BCUT2D eigenvalue weighted by molar-refractivity contribution is 6.31. The van der Waals surface area contributed by atoms with E-state index < -0.39 is 4.92 Å². The number of likely N-dealkylation sites (tertiary alicyclic amines) is 1. The van der Waals surface area contributed by atoms with Gasteiger partial charge in [-0.3, -0.25) is 14.9 Å². The molecule has 1 fully saturated rings. The van der Waals surface area contributed by atoms with Gasteiger partial charge in [-0.2, -0.15) is 0 Å². The first-order valence-corrected chi connectivity index (χ1v) is 8.81. The van der Waals surface area contributed by atoms with E-state index >= 15 is 0 Å². The van der Waals surface area contributed by atoms with Crippen LogP contribution < -0.4 is 0 Å². The molecule has 0 spiro atoms. The van der Waals surface area contributed by atoms with Crippen LogP contribution >= 0.6 is 11.6 Å². The first-order chi connectivity index (χ1) is 12.4. The lowest BCUT2D eigenvalue weighted by molar-refractivity contribution is -0.385. The van der Waals surface area contributed by atoms with Gasteiger partial charge in [0.1, 0.15) is 5.56 Å². The SMILES string of the molecule is CC(C)c1nnc(C2CCN(C(=O)c3cc(Cl)ccc3[N+](=O)[O-])CC2)o1. The molecule has 0 bridgehead atoms. The molecule has 0 N–H and O–H groups in total. The lowest BCUT2D eigenvalue weighted by atomic mass is 9.96. The van der Waals surface area contributed by atoms with Crippen LogP contribution in [0.4, 0.5) is 5.69 Å². The van der Waals surface area contributed by atoms with E-state index in [1.165, 1.54) is 18.2 Å². The zero-order chi connectivity index (χ0) is 18.8. The molecule has 1 aliphatic rings. The second-order valence-electron chi connectivity index (χ2n) is 6.62. The molecule has 138 valence electrons. The molecule has 0 unspecified atom stereocenters. The van der Waals surface area contributed by atoms with E-state index in [0.717, 1.165) is 0 Å². The molecule has 0 aliphatic carbocycles. The van der Waals surface area contributed by atoms with Crippen molar-refractivity contribution in [3.63, 3.8) is 0 Å². The van der Waals surface area contributed by atoms with Gasteiger partial charge in [-0.25, -0.2) is 0 Å². The highest BCUT2D eigenvalue weighted by Crippen LogP contribution is 2.30. The first kappa shape index (κ1) is 18.3. The fourth-order valence-electron chi connectivity index (χ4n) is 2.98. The fraction of sp³-hybridized carbons (Fsp3) is 0.471. The second-order valence-corrected chi connectivity index (χ2v) is 7.05. The van der Waals surface area contributed by atoms with E-state index in [-0.39, 0.29) is 29.0 Å². The van der Waals surface area contributed by atoms with Gasteiger partial charge in [0.15, 0.2) is 0 Å². The summed E-state index contributed by atoms with van der Waals surface area (Å²) in [7, 11) is 0. The molecule has 0 saturated carbocycles. The molecule has 1 aliphatic heterocycles. The lowest BCUT2D eigenvalue weighted by Gasteiger charge is -2.30. The number of aromatic nitrogens is 2. The van der Waals surface area contributed by atoms with Crippen molar-refractivity contribution < 1.29 is 14.1 Å². The van der Waals surface area contributed by atoms with Crippen LogP contribution in [0, 0.1) is 10.1 Å². The zero-order valence-corrected chi connectivity index (χ0v) is 15.3. The van der Waals surface area contributed by atoms with Crippen molar-refractivity contribution in [1.82, 2.24) is 15.1 Å². The minimum absolute atomic E-state index is 0.0147. The number of amides is 1. The second kappa shape index (κ2) is 7.41. The summed E-state index contributed by atoms with van der Waals surface area (Å²) < 4.78 is 5.70. The molecule has 3 rings (SSSR count). The Hall–Kier alpha value is -2.48. The fourth-order valence-corrected chi connectivity index (χ4v) is 3.16. The number of halogens is 1. The van der Waals surface area contributed by atoms with Crippen molar-refractivity contribution >= 4 is 23.2 Å². The van der Waals surface area contributed by atoms with E-state index in [1.807, 2.05) is 13.8 Å². The normalized spacial score (nSPS) is 15.5. The topological polar surface area (TPSA) is 102 Å². The van der Waals surface area contributed by atoms with Crippen LogP contribution in [0.1, 0.15) is 60.7 Å². The molecule has 26 heavy (non-hydrogen) atoms. The van der Waals surface area contributed by atoms with Crippen molar-refractivity contribution in [2.45, 2.75) is 38.5 Å². The summed E-state index contributed by atoms with van der Waals surface area (Å²) in [5.41, 5.74) is -0.221. The Labute approximate surface area is 155 Å². The van der Waals surface area contributed by atoms with E-state index in [0.29, 0.717) is 42.7 Å². The Morgan fingerprint density at radius 2 is 2.04 bits per heavy atom. The van der Waals surface area contributed by atoms with E-state index in [4.69, 9.17) is 16.0 Å². The molecule has 0 atom stereocenters. The summed E-state index contributed by atoms with van der Waals surface area (Å²) in [6, 6.07) is 4.01. The van der Waals surface area contributed by atoms with E-state index in [9.17, 15) is 14.9 Å². The largest absolute Gasteiger partial charge is 0.425 e. The molecular weight excluding hydrogens is 360 g/mol. The highest BCUT2D eigenvalue weighted by Gasteiger charge is 2.31. The molecule has 1 aromatic carbocycles. The number of hydrogen-bond acceptors (Lipinski definition) is 6. The van der Waals surface area contributed by atoms with Crippen molar-refractivity contribution in [3.05, 3.63) is 50.7 Å². The maximum absolute atomic E-state index is 12.7. The third-order valence-electron chi connectivity index (χ3n) is 4.47. The molecular formula is C17H19ClN4O4. The van der Waals surface area contributed by atoms with E-state index in [1.54, 1.807) is 4.90 Å². The van der Waals surface area contributed by atoms with Crippen LogP contribution in [-0.2, 0) is 0 Å². The number of benzene rings is 1. The van der Waals surface area contributed by atoms with Crippen LogP contribution in [0.15, 0.2) is 22.6 Å². The summed E-state index contributed by atoms with van der Waals surface area (Å²) in [4.78, 5) is 24.9. The minimum atomic E-state index is -0.567. The zero-order valence-electron chi connectivity index (χ0n) is 14.5. The lowest BCUT2D eigenvalue weighted by Crippen LogP contribution is -2.38. The quantitative estimate of drug-likeness (QED) is 0.592. The molecule has 1 amide bonds. The summed E-state index contributed by atoms with van der Waals surface area (Å²) in [5, 5.41) is 19.6. The molecule has 9 heteroatoms. The Kier molecular flexibility index (Phi) is 5.22. The Balaban J connectivity index is 1.71. The smallest absolute Gasteiger partial charge is 0.282 e. The summed E-state index contributed by atoms with van der Waals surface area (Å²) in [6.45, 7) is 4.89. The number of piperidine rings is 1. The van der Waals surface area contributed by atoms with Gasteiger partial charge < -0.3 is 9.32 Å². The van der Waals surface area contributed by atoms with Crippen molar-refractivity contribution in [2.75, 3.05) is 13.1 Å². The van der Waals surface area contributed by atoms with E-state index in [2.05, 4.69) is 10.2 Å². The van der Waals surface area contributed by atoms with Gasteiger partial charge in [-0.05, 0) is 25.0 Å².